The Hall–Kier alpha value is -11.5. The molecule has 570 valence electrons. The van der Waals surface area contributed by atoms with Gasteiger partial charge < -0.3 is 74.5 Å². The number of carbonyl (C=O) groups excluding carboxylic acids is 4. The number of hydrogen-bond donors (Lipinski definition) is 7. The summed E-state index contributed by atoms with van der Waals surface area (Å²) in [6, 6.07) is 17.4. The quantitative estimate of drug-likeness (QED) is 0.0359. The number of carboxylic acid groups (broad SMARTS) is 1. The highest BCUT2D eigenvalue weighted by Gasteiger charge is 2.39. The van der Waals surface area contributed by atoms with Crippen molar-refractivity contribution in [2.75, 3.05) is 55.5 Å². The number of anilines is 3. The van der Waals surface area contributed by atoms with E-state index in [1.165, 1.54) is 59.4 Å². The maximum atomic E-state index is 14.5. The number of hydrogen-bond acceptors (Lipinski definition) is 18. The van der Waals surface area contributed by atoms with Crippen LogP contribution in [-0.4, -0.2) is 110 Å². The van der Waals surface area contributed by atoms with Crippen LogP contribution in [0.3, 0.4) is 0 Å². The van der Waals surface area contributed by atoms with Crippen LogP contribution in [-0.2, 0) is 62.0 Å². The summed E-state index contributed by atoms with van der Waals surface area (Å²) in [4.78, 5) is 101. The van der Waals surface area contributed by atoms with Gasteiger partial charge in [-0.25, -0.2) is 22.8 Å². The van der Waals surface area contributed by atoms with Gasteiger partial charge in [-0.05, 0) is 124 Å². The molecule has 36 heteroatoms. The third-order valence-electron chi connectivity index (χ3n) is 17.0. The Bertz CT molecular complexity index is 5160. The van der Waals surface area contributed by atoms with Gasteiger partial charge in [0.1, 0.15) is 52.4 Å². The molecule has 3 aliphatic rings. The van der Waals surface area contributed by atoms with E-state index in [-0.39, 0.29) is 108 Å². The number of pyridine rings is 3. The van der Waals surface area contributed by atoms with Crippen molar-refractivity contribution in [1.29, 1.82) is 0 Å². The van der Waals surface area contributed by atoms with Crippen LogP contribution in [0.2, 0.25) is 0 Å². The molecule has 23 nitrogen and oxygen atoms in total. The Morgan fingerprint density at radius 1 is 0.533 bits per heavy atom. The van der Waals surface area contributed by atoms with E-state index in [2.05, 4.69) is 5.32 Å². The molecular formula is C71H65ClF12N8O15. The lowest BCUT2D eigenvalue weighted by atomic mass is 9.98. The summed E-state index contributed by atoms with van der Waals surface area (Å²) in [5.74, 6) is -9.42. The summed E-state index contributed by atoms with van der Waals surface area (Å²) in [6.07, 6.45) is -13.5. The van der Waals surface area contributed by atoms with Gasteiger partial charge >= 0.3 is 42.4 Å². The summed E-state index contributed by atoms with van der Waals surface area (Å²) in [7, 11) is 3.18. The van der Waals surface area contributed by atoms with E-state index in [0.29, 0.717) is 16.7 Å². The minimum absolute atomic E-state index is 0. The van der Waals surface area contributed by atoms with Gasteiger partial charge in [-0.1, -0.05) is 36.4 Å². The van der Waals surface area contributed by atoms with E-state index in [4.69, 9.17) is 25.1 Å². The summed E-state index contributed by atoms with van der Waals surface area (Å²) >= 11 is 0. The fraction of sp³-hybridized carbons (Fsp3) is 0.296. The topological polar surface area (TPSA) is 317 Å². The number of rotatable bonds is 11. The average molecular weight is 1530 g/mol. The molecule has 3 atom stereocenters. The molecule has 3 aliphatic heterocycles. The number of likely N-dealkylation sites (N-methyl/N-ethyl adjacent to an activating group) is 2. The zero-order valence-electron chi connectivity index (χ0n) is 57.1. The number of carbonyl (C=O) groups is 5. The number of benzene rings is 6. The standard InChI is InChI=1S/C22H17F4N3O5.C22H18F4N2O4.C21H16F4N2O4.C6H13NO2.ClH/c1-28-14-7-12(23)6-13-18(14)29(21(34)17(19(13)32)20(33)27-8-16(30)31)9-15(28)10-2-4-11(5-3-10)22(24,25)26;1-3-32-21(31)17-19(29)14-8-13(23)9-15-18(14)28(20(17)30)10-16(27(15)2)11-4-6-12(7-5-11)22(24,25)26;1-2-31-20(30)16-18(28)13-7-12(22)8-14-17(13)27(19(16)29)9-15(26-14)10-3-5-11(6-4-10)21(23,24)25;1-6(2,3)9-5(8)4-7;/h2-7,15,32H,8-9H2,1H3,(H,27,33)(H,30,31);4-9,16,29H,3,10H2,1-2H3;3-8,15,26,28H,2,9H2,1H3;4,7H2,1-3H3;1H. The van der Waals surface area contributed by atoms with Crippen molar-refractivity contribution in [2.24, 2.45) is 5.73 Å². The maximum Gasteiger partial charge on any atom is 0.416 e. The van der Waals surface area contributed by atoms with Gasteiger partial charge in [0.2, 0.25) is 0 Å². The van der Waals surface area contributed by atoms with Crippen LogP contribution in [0, 0.1) is 17.5 Å². The minimum Gasteiger partial charge on any atom is -0.506 e. The minimum atomic E-state index is -4.54. The molecule has 6 heterocycles. The van der Waals surface area contributed by atoms with E-state index < -0.39 is 157 Å². The average Bonchev–Trinajstić information content (AvgIpc) is 0.741. The summed E-state index contributed by atoms with van der Waals surface area (Å²) in [5.41, 5.74) is -0.138. The van der Waals surface area contributed by atoms with Gasteiger partial charge in [0.25, 0.3) is 22.6 Å². The third kappa shape index (κ3) is 16.9. The smallest absolute Gasteiger partial charge is 0.416 e. The maximum absolute atomic E-state index is 14.5. The van der Waals surface area contributed by atoms with Crippen LogP contribution < -0.4 is 42.8 Å². The molecule has 0 bridgehead atoms. The molecule has 8 N–H and O–H groups in total. The zero-order valence-corrected chi connectivity index (χ0v) is 57.9. The Morgan fingerprint density at radius 2 is 0.879 bits per heavy atom. The fourth-order valence-electron chi connectivity index (χ4n) is 12.2. The lowest BCUT2D eigenvalue weighted by Gasteiger charge is -2.37. The number of amides is 1. The largest absolute Gasteiger partial charge is 0.506 e. The van der Waals surface area contributed by atoms with Crippen LogP contribution >= 0.6 is 12.4 Å². The fourth-order valence-corrected chi connectivity index (χ4v) is 12.2. The SMILES string of the molecule is CC(C)(C)OC(=O)CN.CCOC(=O)c1c(O)c2cc(F)cc3c2n(c1=O)CC(c1ccc(C(F)(F)F)cc1)N3.CCOC(=O)c1c(O)c2cc(F)cc3c2n(c1=O)CC(c1ccc(C(F)(F)F)cc1)N3C.CN1c2cc(F)cc3c(O)c(C(=O)NCC(=O)O)c(=O)n(c23)CC1c1ccc(C(F)(F)F)cc1.Cl. The molecule has 6 aromatic carbocycles. The van der Waals surface area contributed by atoms with Crippen molar-refractivity contribution >= 4 is 92.0 Å². The molecule has 0 fully saturated rings. The number of halogens is 13. The highest BCUT2D eigenvalue weighted by atomic mass is 35.5. The lowest BCUT2D eigenvalue weighted by molar-refractivity contribution is -0.153. The summed E-state index contributed by atoms with van der Waals surface area (Å²) in [6.45, 7) is 7.30. The van der Waals surface area contributed by atoms with Crippen LogP contribution in [0.4, 0.5) is 69.7 Å². The van der Waals surface area contributed by atoms with E-state index in [1.54, 1.807) is 44.7 Å². The lowest BCUT2D eigenvalue weighted by Crippen LogP contribution is -2.41. The van der Waals surface area contributed by atoms with Gasteiger partial charge in [-0.15, -0.1) is 12.4 Å². The number of carboxylic acids is 1. The van der Waals surface area contributed by atoms with Gasteiger partial charge in [-0.2, -0.15) is 39.5 Å². The van der Waals surface area contributed by atoms with E-state index in [1.807, 2.05) is 5.32 Å². The predicted octanol–water partition coefficient (Wildman–Crippen LogP) is 12.0. The molecule has 0 saturated carbocycles. The van der Waals surface area contributed by atoms with E-state index in [0.717, 1.165) is 77.4 Å². The van der Waals surface area contributed by atoms with Gasteiger partial charge in [-0.3, -0.25) is 28.8 Å². The van der Waals surface area contributed by atoms with Crippen molar-refractivity contribution in [3.05, 3.63) is 208 Å². The molecule has 12 rings (SSSR count). The van der Waals surface area contributed by atoms with Gasteiger partial charge in [0.05, 0.1) is 108 Å². The van der Waals surface area contributed by atoms with Crippen molar-refractivity contribution < 1.29 is 111 Å². The Balaban J connectivity index is 0.000000190. The number of nitrogens with one attached hydrogen (secondary N) is 2. The Kier molecular flexibility index (Phi) is 23.7. The van der Waals surface area contributed by atoms with E-state index >= 15 is 0 Å². The number of ether oxygens (including phenoxy) is 3. The van der Waals surface area contributed by atoms with Crippen molar-refractivity contribution in [2.45, 2.75) is 96.5 Å². The second-order valence-corrected chi connectivity index (χ2v) is 25.0. The van der Waals surface area contributed by atoms with Crippen molar-refractivity contribution in [3.8, 4) is 17.2 Å². The molecule has 9 aromatic rings. The van der Waals surface area contributed by atoms with Crippen LogP contribution in [0.25, 0.3) is 32.7 Å². The molecule has 3 unspecified atom stereocenters. The molecule has 3 aromatic heterocycles. The third-order valence-corrected chi connectivity index (χ3v) is 17.0. The first-order chi connectivity index (χ1) is 49.5. The number of aliphatic carboxylic acids is 1. The molecular weight excluding hydrogens is 1470 g/mol. The molecule has 1 amide bonds. The molecule has 0 saturated heterocycles. The first-order valence-corrected chi connectivity index (χ1v) is 31.8. The van der Waals surface area contributed by atoms with Crippen LogP contribution in [0.15, 0.2) is 124 Å². The van der Waals surface area contributed by atoms with Gasteiger partial charge in [0.15, 0.2) is 11.1 Å². The molecule has 0 radical (unpaired) electrons. The first kappa shape index (κ1) is 81.2. The zero-order chi connectivity index (χ0) is 78.3. The molecule has 0 spiro atoms. The highest BCUT2D eigenvalue weighted by molar-refractivity contribution is 6.07. The van der Waals surface area contributed by atoms with E-state index in [9.17, 15) is 106 Å². The number of aromatic hydroxyl groups is 3. The summed E-state index contributed by atoms with van der Waals surface area (Å²) in [5, 5.41) is 45.2. The number of esters is 3. The normalized spacial score (nSPS) is 15.1. The van der Waals surface area contributed by atoms with Gasteiger partial charge in [0, 0.05) is 30.3 Å². The predicted molar refractivity (Wildman–Crippen MR) is 367 cm³/mol. The van der Waals surface area contributed by atoms with Crippen molar-refractivity contribution in [3.63, 3.8) is 0 Å². The van der Waals surface area contributed by atoms with Crippen LogP contribution in [0.1, 0.15) is 117 Å². The number of alkyl halides is 9. The highest BCUT2D eigenvalue weighted by Crippen LogP contribution is 2.45. The molecule has 107 heavy (non-hydrogen) atoms. The number of aromatic nitrogens is 3. The monoisotopic (exact) mass is 1530 g/mol. The second kappa shape index (κ2) is 31.3. The summed E-state index contributed by atoms with van der Waals surface area (Å²) < 4.78 is 177. The van der Waals surface area contributed by atoms with Crippen molar-refractivity contribution in [1.82, 2.24) is 19.0 Å². The second-order valence-electron chi connectivity index (χ2n) is 25.0. The Morgan fingerprint density at radius 3 is 1.22 bits per heavy atom. The first-order valence-electron chi connectivity index (χ1n) is 31.8. The molecule has 0 aliphatic carbocycles. The Labute approximate surface area is 602 Å². The number of nitrogens with zero attached hydrogens (tertiary/aromatic N) is 5. The number of nitrogens with two attached hydrogens (primary N) is 1. The van der Waals surface area contributed by atoms with Crippen LogP contribution in [0.5, 0.6) is 17.2 Å².